The maximum Gasteiger partial charge on any atom is 0.234 e. The number of rotatable bonds is 8. The first kappa shape index (κ1) is 26.1. The number of amides is 1. The van der Waals surface area contributed by atoms with Gasteiger partial charge in [-0.1, -0.05) is 30.7 Å². The molecule has 5 rings (SSSR count). The third kappa shape index (κ3) is 5.08. The van der Waals surface area contributed by atoms with Crippen LogP contribution in [0.15, 0.2) is 42.6 Å². The summed E-state index contributed by atoms with van der Waals surface area (Å²) in [5.41, 5.74) is 4.13. The molecule has 0 radical (unpaired) electrons. The Kier molecular flexibility index (Phi) is 7.32. The number of carbonyl (C=O) groups is 1. The normalized spacial score (nSPS) is 16.7. The molecule has 3 heterocycles. The molecule has 1 aromatic heterocycles. The number of nitrogens with one attached hydrogen (secondary N) is 3. The number of halogens is 1. The van der Waals surface area contributed by atoms with E-state index >= 15 is 0 Å². The van der Waals surface area contributed by atoms with Gasteiger partial charge < -0.3 is 30.5 Å². The lowest BCUT2D eigenvalue weighted by Crippen LogP contribution is -2.46. The van der Waals surface area contributed by atoms with E-state index in [1.54, 1.807) is 13.3 Å². The molecule has 2 aliphatic heterocycles. The number of ether oxygens (including phenoxy) is 1. The molecule has 0 spiro atoms. The van der Waals surface area contributed by atoms with E-state index in [-0.39, 0.29) is 5.91 Å². The number of piperazine rings is 1. The van der Waals surface area contributed by atoms with Crippen LogP contribution in [0.2, 0.25) is 5.02 Å². The summed E-state index contributed by atoms with van der Waals surface area (Å²) >= 11 is 6.43. The van der Waals surface area contributed by atoms with E-state index in [2.05, 4.69) is 48.7 Å². The number of likely N-dealkylation sites (N-methyl/N-ethyl adjacent to an activating group) is 1. The van der Waals surface area contributed by atoms with Crippen LogP contribution < -0.4 is 25.6 Å². The molecule has 9 nitrogen and oxygen atoms in total. The van der Waals surface area contributed by atoms with Gasteiger partial charge in [-0.15, -0.1) is 0 Å². The van der Waals surface area contributed by atoms with E-state index in [4.69, 9.17) is 16.3 Å². The van der Waals surface area contributed by atoms with Gasteiger partial charge in [0.1, 0.15) is 10.8 Å². The molecule has 3 N–H and O–H groups in total. The van der Waals surface area contributed by atoms with Crippen molar-refractivity contribution in [1.82, 2.24) is 14.9 Å². The summed E-state index contributed by atoms with van der Waals surface area (Å²) in [6, 6.07) is 12.0. The predicted molar refractivity (Wildman–Crippen MR) is 153 cm³/mol. The van der Waals surface area contributed by atoms with Crippen molar-refractivity contribution in [1.29, 1.82) is 0 Å². The molecule has 0 unspecified atom stereocenters. The van der Waals surface area contributed by atoms with E-state index < -0.39 is 5.41 Å². The molecule has 1 saturated heterocycles. The predicted octanol–water partition coefficient (Wildman–Crippen LogP) is 4.87. The van der Waals surface area contributed by atoms with Gasteiger partial charge in [0.05, 0.1) is 24.4 Å². The molecule has 200 valence electrons. The highest BCUT2D eigenvalue weighted by atomic mass is 35.5. The monoisotopic (exact) mass is 535 g/mol. The fourth-order valence-electron chi connectivity index (χ4n) is 5.13. The number of hydrogen-bond donors (Lipinski definition) is 3. The molecule has 0 aliphatic carbocycles. The Morgan fingerprint density at radius 3 is 2.68 bits per heavy atom. The second kappa shape index (κ2) is 10.7. The van der Waals surface area contributed by atoms with Gasteiger partial charge in [-0.3, -0.25) is 4.79 Å². The van der Waals surface area contributed by atoms with Crippen LogP contribution in [0.4, 0.5) is 28.8 Å². The van der Waals surface area contributed by atoms with Gasteiger partial charge in [-0.25, -0.2) is 4.98 Å². The number of fused-ring (bicyclic) bond motifs is 1. The van der Waals surface area contributed by atoms with Crippen LogP contribution in [0.1, 0.15) is 31.9 Å². The molecular weight excluding hydrogens is 502 g/mol. The summed E-state index contributed by atoms with van der Waals surface area (Å²) in [6.07, 6.45) is 1.57. The van der Waals surface area contributed by atoms with Crippen molar-refractivity contribution in [2.75, 3.05) is 60.7 Å². The number of nitrogens with zero attached hydrogens (tertiary/aromatic N) is 4. The minimum Gasteiger partial charge on any atom is -0.494 e. The second-order valence-electron chi connectivity index (χ2n) is 10.1. The van der Waals surface area contributed by atoms with Crippen molar-refractivity contribution in [3.63, 3.8) is 0 Å². The highest BCUT2D eigenvalue weighted by Gasteiger charge is 2.39. The quantitative estimate of drug-likeness (QED) is 0.376. The van der Waals surface area contributed by atoms with Crippen molar-refractivity contribution in [3.05, 3.63) is 58.7 Å². The standard InChI is InChI=1S/C28H34ClN7O2/c1-5-35-11-13-36(14-12-35)19-9-10-21(23(15-19)38-4)33-27-31-17-20(29)25(34-27)30-16-18-7-6-8-22-24(18)28(2,3)26(37)32-22/h6-10,15,17H,5,11-14,16H2,1-4H3,(H,32,37)(H2,30,31,33,34). The van der Waals surface area contributed by atoms with Crippen molar-refractivity contribution in [2.24, 2.45) is 0 Å². The Morgan fingerprint density at radius 2 is 1.95 bits per heavy atom. The number of aromatic nitrogens is 2. The maximum atomic E-state index is 12.4. The Balaban J connectivity index is 1.31. The number of anilines is 5. The van der Waals surface area contributed by atoms with E-state index in [9.17, 15) is 4.79 Å². The van der Waals surface area contributed by atoms with Gasteiger partial charge in [-0.05, 0) is 49.7 Å². The first-order valence-corrected chi connectivity index (χ1v) is 13.3. The molecule has 0 saturated carbocycles. The van der Waals surface area contributed by atoms with Crippen LogP contribution in [0, 0.1) is 0 Å². The van der Waals surface area contributed by atoms with Crippen molar-refractivity contribution >= 4 is 46.3 Å². The highest BCUT2D eigenvalue weighted by molar-refractivity contribution is 6.32. The van der Waals surface area contributed by atoms with Gasteiger partial charge in [0.25, 0.3) is 0 Å². The fraction of sp³-hybridized carbons (Fsp3) is 0.393. The smallest absolute Gasteiger partial charge is 0.234 e. The molecule has 2 aromatic carbocycles. The lowest BCUT2D eigenvalue weighted by molar-refractivity contribution is -0.119. The minimum atomic E-state index is -0.609. The van der Waals surface area contributed by atoms with Crippen LogP contribution in [-0.4, -0.2) is 60.6 Å². The largest absolute Gasteiger partial charge is 0.494 e. The Labute approximate surface area is 228 Å². The topological polar surface area (TPSA) is 94.7 Å². The highest BCUT2D eigenvalue weighted by Crippen LogP contribution is 2.40. The summed E-state index contributed by atoms with van der Waals surface area (Å²) in [7, 11) is 1.66. The van der Waals surface area contributed by atoms with Gasteiger partial charge in [-0.2, -0.15) is 4.98 Å². The first-order chi connectivity index (χ1) is 18.3. The first-order valence-electron chi connectivity index (χ1n) is 12.9. The van der Waals surface area contributed by atoms with Crippen molar-refractivity contribution in [2.45, 2.75) is 32.7 Å². The van der Waals surface area contributed by atoms with E-state index in [1.165, 1.54) is 0 Å². The number of methoxy groups -OCH3 is 1. The lowest BCUT2D eigenvalue weighted by atomic mass is 9.83. The molecule has 3 aromatic rings. The average molecular weight is 536 g/mol. The zero-order valence-corrected chi connectivity index (χ0v) is 23.0. The number of carbonyl (C=O) groups excluding carboxylic acids is 1. The molecule has 38 heavy (non-hydrogen) atoms. The Bertz CT molecular complexity index is 1340. The van der Waals surface area contributed by atoms with Crippen LogP contribution in [0.5, 0.6) is 5.75 Å². The summed E-state index contributed by atoms with van der Waals surface area (Å²) in [5, 5.41) is 9.97. The third-order valence-electron chi connectivity index (χ3n) is 7.40. The molecule has 10 heteroatoms. The van der Waals surface area contributed by atoms with E-state index in [0.29, 0.717) is 29.1 Å². The Hall–Kier alpha value is -3.56. The van der Waals surface area contributed by atoms with Gasteiger partial charge in [0, 0.05) is 50.2 Å². The SMILES string of the molecule is CCN1CCN(c2ccc(Nc3ncc(Cl)c(NCc4cccc5c4C(C)(C)C(=O)N5)n3)c(OC)c2)CC1. The third-order valence-corrected chi connectivity index (χ3v) is 7.67. The summed E-state index contributed by atoms with van der Waals surface area (Å²) in [6.45, 7) is 11.7. The molecule has 1 fully saturated rings. The zero-order valence-electron chi connectivity index (χ0n) is 22.3. The average Bonchev–Trinajstić information content (AvgIpc) is 3.17. The number of hydrogen-bond acceptors (Lipinski definition) is 8. The molecular formula is C28H34ClN7O2. The Morgan fingerprint density at radius 1 is 1.16 bits per heavy atom. The lowest BCUT2D eigenvalue weighted by Gasteiger charge is -2.35. The van der Waals surface area contributed by atoms with Gasteiger partial charge >= 0.3 is 0 Å². The molecule has 0 atom stereocenters. The second-order valence-corrected chi connectivity index (χ2v) is 10.5. The summed E-state index contributed by atoms with van der Waals surface area (Å²) < 4.78 is 5.69. The van der Waals surface area contributed by atoms with Gasteiger partial charge in [0.2, 0.25) is 11.9 Å². The number of benzene rings is 2. The maximum absolute atomic E-state index is 12.4. The van der Waals surface area contributed by atoms with Crippen LogP contribution >= 0.6 is 11.6 Å². The zero-order chi connectivity index (χ0) is 26.9. The fourth-order valence-corrected chi connectivity index (χ4v) is 5.29. The summed E-state index contributed by atoms with van der Waals surface area (Å²) in [5.74, 6) is 1.61. The van der Waals surface area contributed by atoms with Crippen LogP contribution in [0.25, 0.3) is 0 Å². The molecule has 1 amide bonds. The summed E-state index contributed by atoms with van der Waals surface area (Å²) in [4.78, 5) is 26.3. The van der Waals surface area contributed by atoms with Crippen molar-refractivity contribution in [3.8, 4) is 5.75 Å². The van der Waals surface area contributed by atoms with Crippen LogP contribution in [-0.2, 0) is 16.8 Å². The molecule has 2 aliphatic rings. The van der Waals surface area contributed by atoms with Crippen LogP contribution in [0.3, 0.4) is 0 Å². The molecule has 0 bridgehead atoms. The van der Waals surface area contributed by atoms with E-state index in [0.717, 1.165) is 60.9 Å². The minimum absolute atomic E-state index is 0.00492. The van der Waals surface area contributed by atoms with E-state index in [1.807, 2.05) is 44.2 Å². The van der Waals surface area contributed by atoms with Crippen molar-refractivity contribution < 1.29 is 9.53 Å². The van der Waals surface area contributed by atoms with Gasteiger partial charge in [0.15, 0.2) is 5.82 Å².